The highest BCUT2D eigenvalue weighted by atomic mass is 16.5. The quantitative estimate of drug-likeness (QED) is 0.300. The molecule has 0 aromatic heterocycles. The Morgan fingerprint density at radius 1 is 1.13 bits per heavy atom. The molecular formula is C28H42O3. The third-order valence-electron chi connectivity index (χ3n) is 7.14. The van der Waals surface area contributed by atoms with Crippen LogP contribution >= 0.6 is 0 Å². The molecule has 3 rings (SSSR count). The van der Waals surface area contributed by atoms with Gasteiger partial charge in [0.25, 0.3) is 0 Å². The van der Waals surface area contributed by atoms with Crippen LogP contribution in [0.4, 0.5) is 0 Å². The number of aromatic hydroxyl groups is 1. The van der Waals surface area contributed by atoms with Gasteiger partial charge in [0.15, 0.2) is 0 Å². The maximum atomic E-state index is 10.9. The number of aliphatic hydroxyl groups is 1. The van der Waals surface area contributed by atoms with E-state index in [1.54, 1.807) is 0 Å². The Hall–Kier alpha value is -1.74. The number of hydrogen-bond acceptors (Lipinski definition) is 3. The summed E-state index contributed by atoms with van der Waals surface area (Å²) in [6.07, 6.45) is 17.2. The van der Waals surface area contributed by atoms with E-state index in [0.29, 0.717) is 17.6 Å². The van der Waals surface area contributed by atoms with Crippen LogP contribution in [0.5, 0.6) is 11.5 Å². The summed E-state index contributed by atoms with van der Waals surface area (Å²) in [6, 6.07) is 3.85. The molecule has 3 heteroatoms. The monoisotopic (exact) mass is 426 g/mol. The molecule has 3 atom stereocenters. The van der Waals surface area contributed by atoms with E-state index in [0.717, 1.165) is 42.6 Å². The van der Waals surface area contributed by atoms with Gasteiger partial charge < -0.3 is 14.9 Å². The van der Waals surface area contributed by atoms with E-state index in [1.165, 1.54) is 44.1 Å². The average Bonchev–Trinajstić information content (AvgIpc) is 2.70. The van der Waals surface area contributed by atoms with Crippen molar-refractivity contribution in [2.24, 2.45) is 5.92 Å². The Bertz CT molecular complexity index is 790. The van der Waals surface area contributed by atoms with Crippen molar-refractivity contribution in [3.63, 3.8) is 0 Å². The van der Waals surface area contributed by atoms with Gasteiger partial charge in [-0.1, -0.05) is 75.7 Å². The number of aliphatic hydroxyl groups excluding tert-OH is 1. The summed E-state index contributed by atoms with van der Waals surface area (Å²) in [5, 5.41) is 21.2. The SMILES string of the molecule is CCCCCCCCCC(O)C=Cc1cc(O)c2c(c1)OC(C)(C)C1CC=C(C)CC21. The number of allylic oxidation sites excluding steroid dienone is 2. The predicted octanol–water partition coefficient (Wildman–Crippen LogP) is 7.52. The molecule has 31 heavy (non-hydrogen) atoms. The topological polar surface area (TPSA) is 49.7 Å². The number of benzene rings is 1. The Morgan fingerprint density at radius 2 is 1.84 bits per heavy atom. The molecule has 0 bridgehead atoms. The zero-order valence-electron chi connectivity index (χ0n) is 20.0. The van der Waals surface area contributed by atoms with E-state index < -0.39 is 6.10 Å². The smallest absolute Gasteiger partial charge is 0.127 e. The number of fused-ring (bicyclic) bond motifs is 3. The Morgan fingerprint density at radius 3 is 2.58 bits per heavy atom. The van der Waals surface area contributed by atoms with Gasteiger partial charge in [-0.05, 0) is 57.7 Å². The second kappa shape index (κ2) is 10.7. The van der Waals surface area contributed by atoms with E-state index in [1.807, 2.05) is 24.3 Å². The zero-order chi connectivity index (χ0) is 22.4. The summed E-state index contributed by atoms with van der Waals surface area (Å²) in [5.74, 6) is 1.78. The van der Waals surface area contributed by atoms with E-state index in [2.05, 4.69) is 33.8 Å². The third kappa shape index (κ3) is 6.16. The maximum absolute atomic E-state index is 10.9. The molecule has 0 radical (unpaired) electrons. The molecule has 1 aliphatic heterocycles. The van der Waals surface area contributed by atoms with Crippen molar-refractivity contribution in [1.82, 2.24) is 0 Å². The molecule has 1 heterocycles. The number of ether oxygens (including phenoxy) is 1. The molecule has 3 unspecified atom stereocenters. The summed E-state index contributed by atoms with van der Waals surface area (Å²) in [6.45, 7) is 8.74. The van der Waals surface area contributed by atoms with Crippen molar-refractivity contribution in [1.29, 1.82) is 0 Å². The van der Waals surface area contributed by atoms with Crippen molar-refractivity contribution in [2.75, 3.05) is 0 Å². The highest BCUT2D eigenvalue weighted by Gasteiger charge is 2.45. The second-order valence-corrected chi connectivity index (χ2v) is 10.2. The molecular weight excluding hydrogens is 384 g/mol. The molecule has 3 nitrogen and oxygen atoms in total. The molecule has 0 fully saturated rings. The summed E-state index contributed by atoms with van der Waals surface area (Å²) in [5.41, 5.74) is 2.96. The van der Waals surface area contributed by atoms with Crippen molar-refractivity contribution < 1.29 is 14.9 Å². The lowest BCUT2D eigenvalue weighted by atomic mass is 9.67. The second-order valence-electron chi connectivity index (χ2n) is 10.2. The standard InChI is InChI=1S/C28H42O3/c1-5-6-7-8-9-10-11-12-22(29)15-14-21-18-25(30)27-23-17-20(2)13-16-24(23)28(3,4)31-26(27)19-21/h13-15,18-19,22-24,29-30H,5-12,16-17H2,1-4H3. The number of phenols is 1. The fourth-order valence-electron chi connectivity index (χ4n) is 5.31. The van der Waals surface area contributed by atoms with Crippen molar-refractivity contribution >= 4 is 6.08 Å². The number of unbranched alkanes of at least 4 members (excludes halogenated alkanes) is 6. The van der Waals surface area contributed by atoms with Crippen LogP contribution in [-0.4, -0.2) is 21.9 Å². The average molecular weight is 427 g/mol. The molecule has 0 saturated carbocycles. The van der Waals surface area contributed by atoms with Gasteiger partial charge in [0.05, 0.1) is 6.10 Å². The lowest BCUT2D eigenvalue weighted by Crippen LogP contribution is -2.45. The number of phenolic OH excluding ortho intramolecular Hbond substituents is 1. The van der Waals surface area contributed by atoms with Crippen LogP contribution in [0.15, 0.2) is 29.9 Å². The first kappa shape index (κ1) is 23.9. The summed E-state index contributed by atoms with van der Waals surface area (Å²) < 4.78 is 6.39. The molecule has 172 valence electrons. The highest BCUT2D eigenvalue weighted by molar-refractivity contribution is 5.61. The molecule has 1 aromatic rings. The minimum absolute atomic E-state index is 0.264. The van der Waals surface area contributed by atoms with Crippen LogP contribution in [-0.2, 0) is 0 Å². The van der Waals surface area contributed by atoms with Gasteiger partial charge in [-0.25, -0.2) is 0 Å². The lowest BCUT2D eigenvalue weighted by molar-refractivity contribution is 0.00760. The molecule has 1 aromatic carbocycles. The van der Waals surface area contributed by atoms with Crippen molar-refractivity contribution in [3.8, 4) is 11.5 Å². The summed E-state index contributed by atoms with van der Waals surface area (Å²) >= 11 is 0. The zero-order valence-corrected chi connectivity index (χ0v) is 20.0. The van der Waals surface area contributed by atoms with Crippen LogP contribution in [0.25, 0.3) is 6.08 Å². The van der Waals surface area contributed by atoms with E-state index in [9.17, 15) is 10.2 Å². The summed E-state index contributed by atoms with van der Waals surface area (Å²) in [7, 11) is 0. The highest BCUT2D eigenvalue weighted by Crippen LogP contribution is 2.54. The maximum Gasteiger partial charge on any atom is 0.127 e. The van der Waals surface area contributed by atoms with Gasteiger partial charge in [-0.15, -0.1) is 0 Å². The number of rotatable bonds is 10. The largest absolute Gasteiger partial charge is 0.507 e. The fourth-order valence-corrected chi connectivity index (χ4v) is 5.31. The van der Waals surface area contributed by atoms with E-state index in [4.69, 9.17) is 4.74 Å². The minimum atomic E-state index is -0.443. The predicted molar refractivity (Wildman–Crippen MR) is 130 cm³/mol. The Balaban J connectivity index is 1.62. The van der Waals surface area contributed by atoms with Gasteiger partial charge in [0, 0.05) is 17.4 Å². The number of hydrogen-bond donors (Lipinski definition) is 2. The van der Waals surface area contributed by atoms with Gasteiger partial charge in [-0.2, -0.15) is 0 Å². The molecule has 0 spiro atoms. The van der Waals surface area contributed by atoms with Gasteiger partial charge in [0.2, 0.25) is 0 Å². The van der Waals surface area contributed by atoms with Crippen LogP contribution in [0.3, 0.4) is 0 Å². The lowest BCUT2D eigenvalue weighted by Gasteiger charge is -2.47. The Labute approximate surface area is 189 Å². The van der Waals surface area contributed by atoms with E-state index >= 15 is 0 Å². The molecule has 1 aliphatic carbocycles. The normalized spacial score (nSPS) is 23.1. The molecule has 2 N–H and O–H groups in total. The van der Waals surface area contributed by atoms with Crippen LogP contribution < -0.4 is 4.74 Å². The van der Waals surface area contributed by atoms with Crippen LogP contribution in [0.2, 0.25) is 0 Å². The Kier molecular flexibility index (Phi) is 8.27. The van der Waals surface area contributed by atoms with Crippen LogP contribution in [0, 0.1) is 5.92 Å². The third-order valence-corrected chi connectivity index (χ3v) is 7.14. The minimum Gasteiger partial charge on any atom is -0.507 e. The fraction of sp³-hybridized carbons (Fsp3) is 0.643. The van der Waals surface area contributed by atoms with Crippen LogP contribution in [0.1, 0.15) is 109 Å². The first-order chi connectivity index (χ1) is 14.8. The first-order valence-corrected chi connectivity index (χ1v) is 12.4. The molecule has 0 amide bonds. The van der Waals surface area contributed by atoms with E-state index in [-0.39, 0.29) is 5.60 Å². The van der Waals surface area contributed by atoms with Crippen molar-refractivity contribution in [2.45, 2.75) is 110 Å². The summed E-state index contributed by atoms with van der Waals surface area (Å²) in [4.78, 5) is 0. The first-order valence-electron chi connectivity index (χ1n) is 12.4. The van der Waals surface area contributed by atoms with Gasteiger partial charge in [-0.3, -0.25) is 0 Å². The molecule has 0 saturated heterocycles. The van der Waals surface area contributed by atoms with Gasteiger partial charge >= 0.3 is 0 Å². The van der Waals surface area contributed by atoms with Crippen molar-refractivity contribution in [3.05, 3.63) is 41.0 Å². The van der Waals surface area contributed by atoms with Gasteiger partial charge in [0.1, 0.15) is 17.1 Å². The molecule has 2 aliphatic rings.